The molecule has 144 valence electrons. The molecule has 0 aliphatic rings. The number of aromatic nitrogens is 2. The van der Waals surface area contributed by atoms with Crippen LogP contribution in [-0.4, -0.2) is 14.5 Å². The monoisotopic (exact) mass is 393 g/mol. The Morgan fingerprint density at radius 3 is 2.41 bits per heavy atom. The van der Waals surface area contributed by atoms with Gasteiger partial charge in [0.15, 0.2) is 11.6 Å². The number of benzene rings is 3. The van der Waals surface area contributed by atoms with E-state index >= 15 is 0 Å². The molecule has 3 aromatic carbocycles. The van der Waals surface area contributed by atoms with Gasteiger partial charge in [0.05, 0.1) is 22.5 Å². The third-order valence-corrected chi connectivity index (χ3v) is 4.50. The summed E-state index contributed by atoms with van der Waals surface area (Å²) in [6, 6.07) is 16.3. The van der Waals surface area contributed by atoms with Gasteiger partial charge in [-0.05, 0) is 5.56 Å². The van der Waals surface area contributed by atoms with Crippen molar-refractivity contribution in [3.05, 3.63) is 104 Å². The van der Waals surface area contributed by atoms with Crippen LogP contribution in [0.2, 0.25) is 0 Å². The zero-order valence-electron chi connectivity index (χ0n) is 14.9. The molecular formula is C21H13F2N3O3. The minimum absolute atomic E-state index is 0.0703. The molecule has 0 saturated heterocycles. The molecule has 0 saturated carbocycles. The summed E-state index contributed by atoms with van der Waals surface area (Å²) in [5.41, 5.74) is 0.349. The molecule has 0 aliphatic carbocycles. The molecule has 0 radical (unpaired) electrons. The molecule has 6 nitrogen and oxygen atoms in total. The molecule has 4 aromatic rings. The summed E-state index contributed by atoms with van der Waals surface area (Å²) in [5.74, 6) is -2.19. The van der Waals surface area contributed by atoms with Crippen LogP contribution in [0.15, 0.2) is 71.5 Å². The number of non-ortho nitro benzene ring substituents is 1. The van der Waals surface area contributed by atoms with Gasteiger partial charge >= 0.3 is 0 Å². The van der Waals surface area contributed by atoms with Crippen molar-refractivity contribution in [3.8, 4) is 11.3 Å². The van der Waals surface area contributed by atoms with Crippen LogP contribution < -0.4 is 5.56 Å². The molecule has 0 bridgehead atoms. The Kier molecular flexibility index (Phi) is 4.59. The van der Waals surface area contributed by atoms with Crippen LogP contribution >= 0.6 is 0 Å². The second-order valence-corrected chi connectivity index (χ2v) is 6.40. The highest BCUT2D eigenvalue weighted by atomic mass is 19.2. The van der Waals surface area contributed by atoms with Crippen molar-refractivity contribution in [2.24, 2.45) is 0 Å². The van der Waals surface area contributed by atoms with E-state index in [9.17, 15) is 23.7 Å². The van der Waals surface area contributed by atoms with Crippen LogP contribution in [0, 0.1) is 21.7 Å². The third kappa shape index (κ3) is 3.47. The van der Waals surface area contributed by atoms with Gasteiger partial charge in [-0.1, -0.05) is 42.5 Å². The summed E-state index contributed by atoms with van der Waals surface area (Å²) >= 11 is 0. The highest BCUT2D eigenvalue weighted by molar-refractivity contribution is 5.78. The van der Waals surface area contributed by atoms with Crippen molar-refractivity contribution in [2.75, 3.05) is 0 Å². The van der Waals surface area contributed by atoms with E-state index < -0.39 is 22.1 Å². The number of hydrogen-bond acceptors (Lipinski definition) is 4. The summed E-state index contributed by atoms with van der Waals surface area (Å²) in [6.07, 6.45) is 0. The number of rotatable bonds is 4. The first-order valence-electron chi connectivity index (χ1n) is 8.62. The molecule has 0 amide bonds. The maximum atomic E-state index is 13.9. The Balaban J connectivity index is 2.00. The van der Waals surface area contributed by atoms with Crippen molar-refractivity contribution < 1.29 is 13.7 Å². The van der Waals surface area contributed by atoms with Crippen LogP contribution in [0.3, 0.4) is 0 Å². The number of fused-ring (bicyclic) bond motifs is 1. The second kappa shape index (κ2) is 7.23. The number of halogens is 2. The van der Waals surface area contributed by atoms with Crippen LogP contribution in [0.1, 0.15) is 5.56 Å². The lowest BCUT2D eigenvalue weighted by atomic mass is 10.1. The van der Waals surface area contributed by atoms with Gasteiger partial charge in [-0.3, -0.25) is 14.9 Å². The van der Waals surface area contributed by atoms with E-state index in [2.05, 4.69) is 4.98 Å². The lowest BCUT2D eigenvalue weighted by Crippen LogP contribution is -2.24. The van der Waals surface area contributed by atoms with E-state index in [1.54, 1.807) is 24.3 Å². The fourth-order valence-corrected chi connectivity index (χ4v) is 3.11. The Morgan fingerprint density at radius 1 is 0.966 bits per heavy atom. The van der Waals surface area contributed by atoms with Crippen molar-refractivity contribution >= 4 is 16.7 Å². The van der Waals surface area contributed by atoms with Crippen molar-refractivity contribution in [1.82, 2.24) is 9.55 Å². The molecule has 0 aliphatic heterocycles. The Bertz CT molecular complexity index is 1300. The third-order valence-electron chi connectivity index (χ3n) is 4.50. The Morgan fingerprint density at radius 2 is 1.69 bits per heavy atom. The van der Waals surface area contributed by atoms with Crippen LogP contribution in [0.25, 0.3) is 22.3 Å². The Labute approximate surface area is 162 Å². The molecule has 0 spiro atoms. The molecule has 8 heteroatoms. The fourth-order valence-electron chi connectivity index (χ4n) is 3.11. The minimum Gasteiger partial charge on any atom is -0.300 e. The molecule has 29 heavy (non-hydrogen) atoms. The average molecular weight is 393 g/mol. The molecule has 0 N–H and O–H groups in total. The molecule has 0 atom stereocenters. The van der Waals surface area contributed by atoms with E-state index in [0.29, 0.717) is 0 Å². The fraction of sp³-hybridized carbons (Fsp3) is 0.0476. The van der Waals surface area contributed by atoms with Gasteiger partial charge in [-0.25, -0.2) is 13.8 Å². The molecule has 1 aromatic heterocycles. The van der Waals surface area contributed by atoms with Gasteiger partial charge < -0.3 is 4.57 Å². The zero-order chi connectivity index (χ0) is 20.5. The first kappa shape index (κ1) is 18.4. The zero-order valence-corrected chi connectivity index (χ0v) is 14.9. The van der Waals surface area contributed by atoms with Gasteiger partial charge in [0, 0.05) is 29.8 Å². The van der Waals surface area contributed by atoms with E-state index in [0.717, 1.165) is 17.7 Å². The molecule has 1 heterocycles. The first-order valence-corrected chi connectivity index (χ1v) is 8.62. The SMILES string of the molecule is O=c1c(-c2cccc([N+](=O)[O-])c2)nc2cc(F)c(F)cc2n1Cc1ccccc1. The second-order valence-electron chi connectivity index (χ2n) is 6.40. The van der Waals surface area contributed by atoms with Crippen molar-refractivity contribution in [2.45, 2.75) is 6.54 Å². The van der Waals surface area contributed by atoms with E-state index in [4.69, 9.17) is 0 Å². The highest BCUT2D eigenvalue weighted by Gasteiger charge is 2.17. The first-order chi connectivity index (χ1) is 13.9. The quantitative estimate of drug-likeness (QED) is 0.383. The maximum absolute atomic E-state index is 13.9. The van der Waals surface area contributed by atoms with E-state index in [1.807, 2.05) is 6.07 Å². The predicted molar refractivity (Wildman–Crippen MR) is 104 cm³/mol. The van der Waals surface area contributed by atoms with Gasteiger partial charge in [-0.15, -0.1) is 0 Å². The van der Waals surface area contributed by atoms with Gasteiger partial charge in [0.2, 0.25) is 0 Å². The minimum atomic E-state index is -1.10. The van der Waals surface area contributed by atoms with Crippen molar-refractivity contribution in [1.29, 1.82) is 0 Å². The number of nitro benzene ring substituents is 1. The topological polar surface area (TPSA) is 78.0 Å². The van der Waals surface area contributed by atoms with Crippen LogP contribution in [0.5, 0.6) is 0 Å². The van der Waals surface area contributed by atoms with Crippen LogP contribution in [-0.2, 0) is 6.54 Å². The van der Waals surface area contributed by atoms with Crippen LogP contribution in [0.4, 0.5) is 14.5 Å². The van der Waals surface area contributed by atoms with E-state index in [-0.39, 0.29) is 34.5 Å². The van der Waals surface area contributed by atoms with Gasteiger partial charge in [0.25, 0.3) is 11.2 Å². The summed E-state index contributed by atoms with van der Waals surface area (Å²) in [7, 11) is 0. The highest BCUT2D eigenvalue weighted by Crippen LogP contribution is 2.23. The lowest BCUT2D eigenvalue weighted by Gasteiger charge is -2.13. The lowest BCUT2D eigenvalue weighted by molar-refractivity contribution is -0.384. The molecule has 4 rings (SSSR count). The standard InChI is InChI=1S/C21H13F2N3O3/c22-16-10-18-19(11-17(16)23)25(12-13-5-2-1-3-6-13)21(27)20(24-18)14-7-4-8-15(9-14)26(28)29/h1-11H,12H2. The van der Waals surface area contributed by atoms with E-state index in [1.165, 1.54) is 28.8 Å². The predicted octanol–water partition coefficient (Wildman–Crippen LogP) is 4.30. The van der Waals surface area contributed by atoms with Gasteiger partial charge in [0.1, 0.15) is 5.69 Å². The smallest absolute Gasteiger partial charge is 0.277 e. The number of hydrogen-bond donors (Lipinski definition) is 0. The largest absolute Gasteiger partial charge is 0.300 e. The molecular weight excluding hydrogens is 380 g/mol. The maximum Gasteiger partial charge on any atom is 0.277 e. The van der Waals surface area contributed by atoms with Crippen molar-refractivity contribution in [3.63, 3.8) is 0 Å². The number of nitro groups is 1. The summed E-state index contributed by atoms with van der Waals surface area (Å²) < 4.78 is 29.0. The normalized spacial score (nSPS) is 11.0. The summed E-state index contributed by atoms with van der Waals surface area (Å²) in [5, 5.41) is 11.1. The summed E-state index contributed by atoms with van der Waals surface area (Å²) in [6.45, 7) is 0.103. The Hall–Kier alpha value is -3.94. The molecule has 0 unspecified atom stereocenters. The average Bonchev–Trinajstić information content (AvgIpc) is 2.72. The summed E-state index contributed by atoms with van der Waals surface area (Å²) in [4.78, 5) is 27.9. The molecule has 0 fully saturated rings. The van der Waals surface area contributed by atoms with Gasteiger partial charge in [-0.2, -0.15) is 0 Å². The number of nitrogens with zero attached hydrogens (tertiary/aromatic N) is 3.